The summed E-state index contributed by atoms with van der Waals surface area (Å²) in [5.74, 6) is 1.66. The van der Waals surface area contributed by atoms with Crippen LogP contribution in [0.15, 0.2) is 0 Å². The quantitative estimate of drug-likeness (QED) is 0.651. The van der Waals surface area contributed by atoms with Crippen molar-refractivity contribution in [2.45, 2.75) is 26.8 Å². The van der Waals surface area contributed by atoms with E-state index < -0.39 is 0 Å². The molecule has 0 bridgehead atoms. The number of nitrogens with zero attached hydrogens (tertiary/aromatic N) is 2. The highest BCUT2D eigenvalue weighted by Gasteiger charge is 2.14. The minimum Gasteiger partial charge on any atom is -0.308 e. The standard InChI is InChI=1S/C11H26N2S/c1-6-13(7-10(2)9-14)11(3)8-12(4)5/h10-11,14H,6-9H2,1-5H3. The van der Waals surface area contributed by atoms with E-state index in [4.69, 9.17) is 0 Å². The number of likely N-dealkylation sites (N-methyl/N-ethyl adjacent to an activating group) is 2. The first-order valence-corrected chi connectivity index (χ1v) is 6.14. The van der Waals surface area contributed by atoms with Gasteiger partial charge in [0.05, 0.1) is 0 Å². The van der Waals surface area contributed by atoms with Crippen LogP contribution in [0.25, 0.3) is 0 Å². The Balaban J connectivity index is 3.98. The zero-order valence-corrected chi connectivity index (χ0v) is 11.2. The minimum atomic E-state index is 0.636. The van der Waals surface area contributed by atoms with Gasteiger partial charge in [-0.3, -0.25) is 4.90 Å². The normalized spacial score (nSPS) is 16.3. The van der Waals surface area contributed by atoms with Gasteiger partial charge in [-0.2, -0.15) is 12.6 Å². The summed E-state index contributed by atoms with van der Waals surface area (Å²) in [6.45, 7) is 10.2. The predicted molar refractivity (Wildman–Crippen MR) is 68.3 cm³/mol. The molecular weight excluding hydrogens is 192 g/mol. The van der Waals surface area contributed by atoms with Crippen LogP contribution in [0.4, 0.5) is 0 Å². The number of hydrogen-bond donors (Lipinski definition) is 1. The molecule has 0 saturated carbocycles. The molecule has 0 N–H and O–H groups in total. The molecule has 14 heavy (non-hydrogen) atoms. The molecule has 0 aromatic rings. The third kappa shape index (κ3) is 5.89. The second-order valence-corrected chi connectivity index (χ2v) is 4.85. The molecule has 0 aromatic heterocycles. The molecule has 0 aliphatic carbocycles. The van der Waals surface area contributed by atoms with Crippen molar-refractivity contribution in [1.82, 2.24) is 9.80 Å². The molecule has 0 amide bonds. The van der Waals surface area contributed by atoms with Crippen molar-refractivity contribution in [3.63, 3.8) is 0 Å². The van der Waals surface area contributed by atoms with Crippen LogP contribution in [0.5, 0.6) is 0 Å². The molecule has 0 fully saturated rings. The van der Waals surface area contributed by atoms with E-state index in [0.717, 1.165) is 25.4 Å². The van der Waals surface area contributed by atoms with Gasteiger partial charge in [-0.25, -0.2) is 0 Å². The van der Waals surface area contributed by atoms with Gasteiger partial charge in [0.2, 0.25) is 0 Å². The topological polar surface area (TPSA) is 6.48 Å². The lowest BCUT2D eigenvalue weighted by molar-refractivity contribution is 0.165. The summed E-state index contributed by atoms with van der Waals surface area (Å²) in [7, 11) is 4.26. The Kier molecular flexibility index (Phi) is 7.69. The van der Waals surface area contributed by atoms with Crippen molar-refractivity contribution in [3.8, 4) is 0 Å². The van der Waals surface area contributed by atoms with Gasteiger partial charge in [-0.15, -0.1) is 0 Å². The summed E-state index contributed by atoms with van der Waals surface area (Å²) >= 11 is 4.33. The number of rotatable bonds is 7. The molecule has 0 rings (SSSR count). The van der Waals surface area contributed by atoms with Crippen molar-refractivity contribution in [2.75, 3.05) is 39.5 Å². The maximum Gasteiger partial charge on any atom is 0.0194 e. The Morgan fingerprint density at radius 1 is 1.14 bits per heavy atom. The highest BCUT2D eigenvalue weighted by Crippen LogP contribution is 2.06. The van der Waals surface area contributed by atoms with Gasteiger partial charge < -0.3 is 4.90 Å². The molecule has 0 aliphatic rings. The van der Waals surface area contributed by atoms with E-state index in [2.05, 4.69) is 57.3 Å². The molecule has 0 saturated heterocycles. The van der Waals surface area contributed by atoms with Gasteiger partial charge in [0.1, 0.15) is 0 Å². The van der Waals surface area contributed by atoms with Crippen LogP contribution >= 0.6 is 12.6 Å². The first-order valence-electron chi connectivity index (χ1n) is 5.50. The van der Waals surface area contributed by atoms with Gasteiger partial charge in [0, 0.05) is 19.1 Å². The van der Waals surface area contributed by atoms with Crippen LogP contribution in [0, 0.1) is 5.92 Å². The second kappa shape index (κ2) is 7.55. The molecule has 0 aliphatic heterocycles. The number of thiol groups is 1. The fraction of sp³-hybridized carbons (Fsp3) is 1.00. The Bertz CT molecular complexity index is 139. The summed E-state index contributed by atoms with van der Waals surface area (Å²) < 4.78 is 0. The molecule has 0 radical (unpaired) electrons. The molecule has 0 aromatic carbocycles. The fourth-order valence-electron chi connectivity index (χ4n) is 1.72. The van der Waals surface area contributed by atoms with Gasteiger partial charge in [0.25, 0.3) is 0 Å². The highest BCUT2D eigenvalue weighted by molar-refractivity contribution is 7.80. The Morgan fingerprint density at radius 3 is 2.07 bits per heavy atom. The first kappa shape index (κ1) is 14.3. The average molecular weight is 218 g/mol. The Morgan fingerprint density at radius 2 is 1.71 bits per heavy atom. The zero-order chi connectivity index (χ0) is 11.1. The van der Waals surface area contributed by atoms with Crippen LogP contribution in [0.3, 0.4) is 0 Å². The first-order chi connectivity index (χ1) is 6.51. The zero-order valence-electron chi connectivity index (χ0n) is 10.3. The van der Waals surface area contributed by atoms with Crippen molar-refractivity contribution in [2.24, 2.45) is 5.92 Å². The van der Waals surface area contributed by atoms with E-state index in [1.807, 2.05) is 0 Å². The number of hydrogen-bond acceptors (Lipinski definition) is 3. The van der Waals surface area contributed by atoms with Crippen LogP contribution in [0.1, 0.15) is 20.8 Å². The van der Waals surface area contributed by atoms with E-state index in [-0.39, 0.29) is 0 Å². The van der Waals surface area contributed by atoms with E-state index in [0.29, 0.717) is 12.0 Å². The van der Waals surface area contributed by atoms with Gasteiger partial charge in [-0.05, 0) is 39.2 Å². The molecule has 2 atom stereocenters. The van der Waals surface area contributed by atoms with Crippen molar-refractivity contribution in [1.29, 1.82) is 0 Å². The lowest BCUT2D eigenvalue weighted by atomic mass is 10.1. The molecular formula is C11H26N2S. The molecule has 2 unspecified atom stereocenters. The lowest BCUT2D eigenvalue weighted by Gasteiger charge is -2.31. The maximum atomic E-state index is 4.33. The summed E-state index contributed by atoms with van der Waals surface area (Å²) in [5, 5.41) is 0. The largest absolute Gasteiger partial charge is 0.308 e. The van der Waals surface area contributed by atoms with Gasteiger partial charge in [0.15, 0.2) is 0 Å². The summed E-state index contributed by atoms with van der Waals surface area (Å²) in [5.41, 5.74) is 0. The Hall–Kier alpha value is 0.270. The van der Waals surface area contributed by atoms with Crippen LogP contribution in [-0.2, 0) is 0 Å². The van der Waals surface area contributed by atoms with E-state index in [9.17, 15) is 0 Å². The molecule has 86 valence electrons. The van der Waals surface area contributed by atoms with Gasteiger partial charge in [-0.1, -0.05) is 13.8 Å². The van der Waals surface area contributed by atoms with Crippen LogP contribution < -0.4 is 0 Å². The predicted octanol–water partition coefficient (Wildman–Crippen LogP) is 1.82. The minimum absolute atomic E-state index is 0.636. The van der Waals surface area contributed by atoms with Gasteiger partial charge >= 0.3 is 0 Å². The molecule has 0 heterocycles. The van der Waals surface area contributed by atoms with Crippen LogP contribution in [0.2, 0.25) is 0 Å². The van der Waals surface area contributed by atoms with Crippen molar-refractivity contribution in [3.05, 3.63) is 0 Å². The maximum absolute atomic E-state index is 4.33. The summed E-state index contributed by atoms with van der Waals surface area (Å²) in [6, 6.07) is 0.636. The van der Waals surface area contributed by atoms with E-state index in [1.165, 1.54) is 0 Å². The lowest BCUT2D eigenvalue weighted by Crippen LogP contribution is -2.42. The fourth-order valence-corrected chi connectivity index (χ4v) is 1.84. The Labute approximate surface area is 95.1 Å². The summed E-state index contributed by atoms with van der Waals surface area (Å²) in [4.78, 5) is 4.78. The second-order valence-electron chi connectivity index (χ2n) is 4.49. The summed E-state index contributed by atoms with van der Waals surface area (Å²) in [6.07, 6.45) is 0. The molecule has 3 heteroatoms. The van der Waals surface area contributed by atoms with E-state index in [1.54, 1.807) is 0 Å². The van der Waals surface area contributed by atoms with Crippen molar-refractivity contribution < 1.29 is 0 Å². The SMILES string of the molecule is CCN(CC(C)CS)C(C)CN(C)C. The molecule has 2 nitrogen and oxygen atoms in total. The highest BCUT2D eigenvalue weighted by atomic mass is 32.1. The van der Waals surface area contributed by atoms with E-state index >= 15 is 0 Å². The van der Waals surface area contributed by atoms with Crippen LogP contribution in [-0.4, -0.2) is 55.3 Å². The third-order valence-corrected chi connectivity index (χ3v) is 3.14. The molecule has 0 spiro atoms. The van der Waals surface area contributed by atoms with Crippen molar-refractivity contribution >= 4 is 12.6 Å². The average Bonchev–Trinajstić information content (AvgIpc) is 2.12. The monoisotopic (exact) mass is 218 g/mol. The third-order valence-electron chi connectivity index (χ3n) is 2.52. The smallest absolute Gasteiger partial charge is 0.0194 e.